The molecule has 1 aliphatic heterocycles. The third kappa shape index (κ3) is 5.90. The van der Waals surface area contributed by atoms with Crippen molar-refractivity contribution >= 4 is 40.0 Å². The molecule has 1 atom stereocenters. The molecule has 1 amide bonds. The van der Waals surface area contributed by atoms with Crippen LogP contribution in [0.2, 0.25) is 10.0 Å². The van der Waals surface area contributed by atoms with E-state index in [0.29, 0.717) is 46.8 Å². The molecule has 3 N–H and O–H groups in total. The van der Waals surface area contributed by atoms with Crippen molar-refractivity contribution in [1.82, 2.24) is 30.5 Å². The fourth-order valence-electron chi connectivity index (χ4n) is 5.88. The van der Waals surface area contributed by atoms with E-state index in [1.807, 2.05) is 50.5 Å². The van der Waals surface area contributed by atoms with Crippen LogP contribution in [0.4, 0.5) is 0 Å². The number of aromatic nitrogens is 3. The first-order chi connectivity index (χ1) is 21.4. The molecule has 0 bridgehead atoms. The van der Waals surface area contributed by atoms with Gasteiger partial charge in [-0.3, -0.25) is 9.78 Å². The van der Waals surface area contributed by atoms with Crippen molar-refractivity contribution < 1.29 is 9.53 Å². The molecule has 226 valence electrons. The van der Waals surface area contributed by atoms with Crippen LogP contribution in [0, 0.1) is 0 Å². The van der Waals surface area contributed by atoms with Gasteiger partial charge in [-0.05, 0) is 37.2 Å². The lowest BCUT2D eigenvalue weighted by Crippen LogP contribution is -2.35. The Bertz CT molecular complexity index is 1850. The molecule has 5 aromatic rings. The van der Waals surface area contributed by atoms with E-state index in [-0.39, 0.29) is 11.9 Å². The van der Waals surface area contributed by atoms with Crippen LogP contribution in [0.25, 0.3) is 44.5 Å². The van der Waals surface area contributed by atoms with Crippen molar-refractivity contribution in [2.24, 2.45) is 7.05 Å². The number of halogens is 2. The molecule has 44 heavy (non-hydrogen) atoms. The molecule has 10 heteroatoms. The number of aryl methyl sites for hydroxylation is 1. The second kappa shape index (κ2) is 13.0. The number of fused-ring (bicyclic) bond motifs is 1. The molecule has 1 fully saturated rings. The zero-order chi connectivity index (χ0) is 30.8. The number of pyridine rings is 2. The molecule has 3 aromatic heterocycles. The van der Waals surface area contributed by atoms with Gasteiger partial charge in [0.15, 0.2) is 0 Å². The smallest absolute Gasteiger partial charge is 0.220 e. The number of carbonyl (C=O) groups is 1. The van der Waals surface area contributed by atoms with Gasteiger partial charge in [0.25, 0.3) is 0 Å². The third-order valence-corrected chi connectivity index (χ3v) is 8.88. The van der Waals surface area contributed by atoms with Gasteiger partial charge in [0.1, 0.15) is 0 Å². The van der Waals surface area contributed by atoms with Crippen molar-refractivity contribution in [1.29, 1.82) is 0 Å². The van der Waals surface area contributed by atoms with Gasteiger partial charge in [-0.1, -0.05) is 59.6 Å². The topological polar surface area (TPSA) is 93.1 Å². The fraction of sp³-hybridized carbons (Fsp3) is 0.265. The van der Waals surface area contributed by atoms with Gasteiger partial charge in [0.2, 0.25) is 11.8 Å². The molecule has 0 aliphatic carbocycles. The first-order valence-electron chi connectivity index (χ1n) is 14.6. The molecule has 1 aliphatic rings. The highest BCUT2D eigenvalue weighted by Gasteiger charge is 2.21. The van der Waals surface area contributed by atoms with E-state index in [1.165, 1.54) is 10.9 Å². The van der Waals surface area contributed by atoms with Crippen molar-refractivity contribution in [3.8, 4) is 39.5 Å². The number of hydrogen-bond donors (Lipinski definition) is 3. The Morgan fingerprint density at radius 3 is 2.61 bits per heavy atom. The van der Waals surface area contributed by atoms with Crippen molar-refractivity contribution in [2.75, 3.05) is 20.7 Å². The van der Waals surface area contributed by atoms with Gasteiger partial charge >= 0.3 is 0 Å². The minimum Gasteiger partial charge on any atom is -0.481 e. The Morgan fingerprint density at radius 1 is 1.02 bits per heavy atom. The average Bonchev–Trinajstić information content (AvgIpc) is 3.59. The first kappa shape index (κ1) is 30.1. The average molecular weight is 630 g/mol. The Hall–Kier alpha value is -3.95. The molecule has 4 heterocycles. The van der Waals surface area contributed by atoms with Gasteiger partial charge < -0.3 is 25.3 Å². The standard InChI is InChI=1S/C34H34Cl2N6O2/c1-37-16-22-19-42(2)29-15-20(7-10-24(22)29)33-32(36)26(13-14-39-33)25-5-4-6-27(31(25)35)28-11-8-21(34(41-28)44-3)17-38-18-23-9-12-30(43)40-23/h4-8,10-11,13-15,19,23,37-38H,9,12,16-18H2,1-3H3,(H,40,43). The predicted octanol–water partition coefficient (Wildman–Crippen LogP) is 6.37. The van der Waals surface area contributed by atoms with Crippen LogP contribution in [0.1, 0.15) is 24.0 Å². The molecule has 6 rings (SSSR count). The maximum absolute atomic E-state index is 11.5. The van der Waals surface area contributed by atoms with Gasteiger partial charge in [-0.2, -0.15) is 0 Å². The molecule has 0 radical (unpaired) electrons. The minimum absolute atomic E-state index is 0.108. The number of nitrogens with zero attached hydrogens (tertiary/aromatic N) is 3. The molecule has 0 spiro atoms. The lowest BCUT2D eigenvalue weighted by atomic mass is 9.99. The molecular weight excluding hydrogens is 595 g/mol. The number of amides is 1. The maximum Gasteiger partial charge on any atom is 0.220 e. The summed E-state index contributed by atoms with van der Waals surface area (Å²) in [6.45, 7) is 2.05. The van der Waals surface area contributed by atoms with Gasteiger partial charge in [-0.15, -0.1) is 0 Å². The highest BCUT2D eigenvalue weighted by atomic mass is 35.5. The summed E-state index contributed by atoms with van der Waals surface area (Å²) in [5, 5.41) is 11.9. The number of rotatable bonds is 10. The summed E-state index contributed by atoms with van der Waals surface area (Å²) in [6.07, 6.45) is 5.34. The summed E-state index contributed by atoms with van der Waals surface area (Å²) in [5.74, 6) is 0.626. The summed E-state index contributed by atoms with van der Waals surface area (Å²) in [7, 11) is 5.60. The van der Waals surface area contributed by atoms with E-state index in [2.05, 4.69) is 49.9 Å². The summed E-state index contributed by atoms with van der Waals surface area (Å²) >= 11 is 14.1. The third-order valence-electron chi connectivity index (χ3n) is 8.09. The van der Waals surface area contributed by atoms with Crippen LogP contribution in [-0.4, -0.2) is 47.2 Å². The minimum atomic E-state index is 0.108. The second-order valence-electron chi connectivity index (χ2n) is 11.0. The van der Waals surface area contributed by atoms with E-state index in [4.69, 9.17) is 32.9 Å². The highest BCUT2D eigenvalue weighted by Crippen LogP contribution is 2.42. The predicted molar refractivity (Wildman–Crippen MR) is 177 cm³/mol. The molecule has 0 saturated carbocycles. The van der Waals surface area contributed by atoms with Crippen molar-refractivity contribution in [3.63, 3.8) is 0 Å². The molecule has 2 aromatic carbocycles. The van der Waals surface area contributed by atoms with Crippen LogP contribution in [0.5, 0.6) is 5.88 Å². The first-order valence-corrected chi connectivity index (χ1v) is 15.3. The Morgan fingerprint density at radius 2 is 1.84 bits per heavy atom. The number of nitrogens with one attached hydrogen (secondary N) is 3. The second-order valence-corrected chi connectivity index (χ2v) is 11.8. The fourth-order valence-corrected chi connectivity index (χ4v) is 6.53. The lowest BCUT2D eigenvalue weighted by Gasteiger charge is -2.15. The largest absolute Gasteiger partial charge is 0.481 e. The summed E-state index contributed by atoms with van der Waals surface area (Å²) < 4.78 is 7.77. The zero-order valence-electron chi connectivity index (χ0n) is 24.9. The zero-order valence-corrected chi connectivity index (χ0v) is 26.4. The van der Waals surface area contributed by atoms with E-state index in [9.17, 15) is 4.79 Å². The molecular formula is C34H34Cl2N6O2. The highest BCUT2D eigenvalue weighted by molar-refractivity contribution is 6.39. The van der Waals surface area contributed by atoms with Crippen LogP contribution in [-0.2, 0) is 24.9 Å². The van der Waals surface area contributed by atoms with E-state index >= 15 is 0 Å². The normalized spacial score (nSPS) is 14.8. The van der Waals surface area contributed by atoms with Gasteiger partial charge in [-0.25, -0.2) is 4.98 Å². The van der Waals surface area contributed by atoms with Crippen molar-refractivity contribution in [3.05, 3.63) is 88.2 Å². The number of methoxy groups -OCH3 is 1. The Labute approximate surface area is 266 Å². The van der Waals surface area contributed by atoms with E-state index in [1.54, 1.807) is 13.3 Å². The lowest BCUT2D eigenvalue weighted by molar-refractivity contribution is -0.119. The molecule has 8 nitrogen and oxygen atoms in total. The van der Waals surface area contributed by atoms with E-state index < -0.39 is 0 Å². The number of carbonyl (C=O) groups excluding carboxylic acids is 1. The van der Waals surface area contributed by atoms with Crippen LogP contribution >= 0.6 is 23.2 Å². The Kier molecular flexibility index (Phi) is 8.86. The maximum atomic E-state index is 11.5. The number of ether oxygens (including phenoxy) is 1. The van der Waals surface area contributed by atoms with Crippen LogP contribution < -0.4 is 20.7 Å². The molecule has 1 unspecified atom stereocenters. The van der Waals surface area contributed by atoms with E-state index in [0.717, 1.165) is 46.3 Å². The SMILES string of the molecule is CNCc1cn(C)c2cc(-c3nccc(-c4cccc(-c5ccc(CNCC6CCC(=O)N6)c(OC)n5)c4Cl)c3Cl)ccc12. The summed E-state index contributed by atoms with van der Waals surface area (Å²) in [5.41, 5.74) is 7.93. The Balaban J connectivity index is 1.29. The monoisotopic (exact) mass is 628 g/mol. The number of hydrogen-bond acceptors (Lipinski definition) is 6. The number of benzene rings is 2. The van der Waals surface area contributed by atoms with Crippen LogP contribution in [0.15, 0.2) is 67.0 Å². The van der Waals surface area contributed by atoms with Crippen LogP contribution in [0.3, 0.4) is 0 Å². The van der Waals surface area contributed by atoms with Crippen molar-refractivity contribution in [2.45, 2.75) is 32.0 Å². The molecule has 1 saturated heterocycles. The van der Waals surface area contributed by atoms with Gasteiger partial charge in [0, 0.05) is 90.3 Å². The summed E-state index contributed by atoms with van der Waals surface area (Å²) in [4.78, 5) is 20.9. The summed E-state index contributed by atoms with van der Waals surface area (Å²) in [6, 6.07) is 18.1. The van der Waals surface area contributed by atoms with Gasteiger partial charge in [0.05, 0.1) is 28.5 Å². The quantitative estimate of drug-likeness (QED) is 0.166.